The van der Waals surface area contributed by atoms with Crippen LogP contribution < -0.4 is 30.3 Å². The van der Waals surface area contributed by atoms with E-state index in [4.69, 9.17) is 29.3 Å². The van der Waals surface area contributed by atoms with Crippen LogP contribution in [0.25, 0.3) is 55.4 Å². The van der Waals surface area contributed by atoms with Crippen molar-refractivity contribution >= 4 is 40.4 Å². The van der Waals surface area contributed by atoms with Crippen LogP contribution in [0.3, 0.4) is 0 Å². The highest BCUT2D eigenvalue weighted by molar-refractivity contribution is 6.06. The molecule has 6 heterocycles. The van der Waals surface area contributed by atoms with Gasteiger partial charge >= 0.3 is 6.01 Å². The molecule has 5 N–H and O–H groups in total. The molecule has 11 rings (SSSR count). The van der Waals surface area contributed by atoms with Gasteiger partial charge in [-0.1, -0.05) is 74.5 Å². The number of nitrogens with one attached hydrogen (secondary N) is 4. The summed E-state index contributed by atoms with van der Waals surface area (Å²) >= 11 is 0. The van der Waals surface area contributed by atoms with Gasteiger partial charge in [-0.2, -0.15) is 15.1 Å². The van der Waals surface area contributed by atoms with E-state index in [9.17, 15) is 9.59 Å². The maximum Gasteiger partial charge on any atom is 0.319 e. The van der Waals surface area contributed by atoms with Gasteiger partial charge in [0.25, 0.3) is 0 Å². The number of hydrogen-bond acceptors (Lipinski definition) is 15. The Hall–Kier alpha value is -7.94. The van der Waals surface area contributed by atoms with Crippen LogP contribution in [0.5, 0.6) is 11.8 Å². The van der Waals surface area contributed by atoms with Crippen molar-refractivity contribution in [3.05, 3.63) is 120 Å². The molecule has 418 valence electrons. The number of aliphatic hydroxyl groups excluding tert-OH is 1. The van der Waals surface area contributed by atoms with Crippen molar-refractivity contribution < 1.29 is 33.3 Å². The second kappa shape index (κ2) is 25.0. The average molecular weight is 1090 g/mol. The number of ether oxygens (including phenoxy) is 3. The van der Waals surface area contributed by atoms with Gasteiger partial charge in [-0.05, 0) is 98.1 Å². The van der Waals surface area contributed by atoms with E-state index in [0.717, 1.165) is 119 Å². The smallest absolute Gasteiger partial charge is 0.319 e. The van der Waals surface area contributed by atoms with E-state index in [2.05, 4.69) is 102 Å². The maximum absolute atomic E-state index is 15.9. The number of fused-ring (bicyclic) bond motifs is 4. The Morgan fingerprint density at radius 3 is 2.39 bits per heavy atom. The van der Waals surface area contributed by atoms with E-state index in [1.165, 1.54) is 6.07 Å². The highest BCUT2D eigenvalue weighted by atomic mass is 19.1. The number of carbonyl (C=O) groups is 2. The highest BCUT2D eigenvalue weighted by Gasteiger charge is 2.41. The second-order valence-corrected chi connectivity index (χ2v) is 21.6. The Labute approximate surface area is 464 Å². The molecule has 2 saturated heterocycles. The summed E-state index contributed by atoms with van der Waals surface area (Å²) in [5.74, 6) is 2.04. The fraction of sp³-hybridized carbons (Fsp3) is 0.417. The number of hydrogen-bond donors (Lipinski definition) is 5. The number of benzene rings is 4. The largest absolute Gasteiger partial charge is 0.486 e. The minimum atomic E-state index is -0.376. The molecule has 80 heavy (non-hydrogen) atoms. The third-order valence-electron chi connectivity index (χ3n) is 15.7. The summed E-state index contributed by atoms with van der Waals surface area (Å²) in [5.41, 5.74) is 9.69. The first-order chi connectivity index (χ1) is 39.0. The van der Waals surface area contributed by atoms with E-state index >= 15 is 4.39 Å². The van der Waals surface area contributed by atoms with Crippen LogP contribution in [-0.2, 0) is 20.9 Å². The molecule has 5 unspecified atom stereocenters. The number of methoxy groups -OCH3 is 1. The highest BCUT2D eigenvalue weighted by Crippen LogP contribution is 2.53. The summed E-state index contributed by atoms with van der Waals surface area (Å²) in [6.07, 6.45) is 14.9. The number of aromatic nitrogens is 9. The number of halogens is 1. The van der Waals surface area contributed by atoms with Crippen LogP contribution in [0.4, 0.5) is 10.2 Å². The van der Waals surface area contributed by atoms with E-state index in [1.807, 2.05) is 49.0 Å². The van der Waals surface area contributed by atoms with Crippen molar-refractivity contribution in [1.29, 1.82) is 0 Å². The molecule has 1 aliphatic carbocycles. The standard InChI is InChI=1S/C47H57FN10O4.C13H13N3O2/c1-26(2)44(27(3)8-7-15-49-25-59)58-22-40(55-56-58)32-11-9-30(10-12-32)24-61-45-42(41-29(5)38(48)18-39-37(41)20-51-54-39)35(31-13-14-31)17-36-43(45)52-47(62-23-28(4)60-6)53-46(36)57-21-33-16-34(57)19-50-33;17-8-13(16-9-18)11-3-1-10(2-4-11)12-7-14-5-6-15-12/h9-12,17-18,20,22,25-28,31,33-34,44,50H,7-8,13-16,19,21,23-24H2,1-6H3,(H,49,59)(H,51,54);1-7,9,13,17H,8H2,(H,16,18)/t27?,28-,33?,34?,44?;/m0./s1. The lowest BCUT2D eigenvalue weighted by Gasteiger charge is -2.30. The molecule has 3 aliphatic rings. The molecule has 0 spiro atoms. The number of aromatic amines is 1. The van der Waals surface area contributed by atoms with Crippen molar-refractivity contribution in [3.63, 3.8) is 0 Å². The first kappa shape index (κ1) is 55.4. The van der Waals surface area contributed by atoms with Gasteiger partial charge in [0.05, 0.1) is 54.6 Å². The molecule has 4 aromatic carbocycles. The van der Waals surface area contributed by atoms with Crippen LogP contribution >= 0.6 is 0 Å². The summed E-state index contributed by atoms with van der Waals surface area (Å²) in [4.78, 5) is 42.0. The Kier molecular flexibility index (Phi) is 17.3. The lowest BCUT2D eigenvalue weighted by Crippen LogP contribution is -2.44. The number of nitrogens with zero attached hydrogens (tertiary/aromatic N) is 9. The topological polar surface area (TPSA) is 232 Å². The summed E-state index contributed by atoms with van der Waals surface area (Å²) in [6, 6.07) is 20.1. The maximum atomic E-state index is 15.9. The molecular formula is C60H70FN13O6. The minimum Gasteiger partial charge on any atom is -0.486 e. The van der Waals surface area contributed by atoms with Crippen molar-refractivity contribution in [3.8, 4) is 45.4 Å². The van der Waals surface area contributed by atoms with E-state index in [0.29, 0.717) is 59.2 Å². The first-order valence-electron chi connectivity index (χ1n) is 27.6. The molecule has 20 heteroatoms. The zero-order valence-electron chi connectivity index (χ0n) is 46.1. The number of piperazine rings is 1. The monoisotopic (exact) mass is 1090 g/mol. The first-order valence-corrected chi connectivity index (χ1v) is 27.6. The Bertz CT molecular complexity index is 3390. The van der Waals surface area contributed by atoms with Gasteiger partial charge in [0.15, 0.2) is 5.75 Å². The predicted octanol–water partition coefficient (Wildman–Crippen LogP) is 8.58. The average Bonchev–Trinajstić information content (AvgIpc) is 3.44. The van der Waals surface area contributed by atoms with E-state index in [-0.39, 0.29) is 55.8 Å². The van der Waals surface area contributed by atoms with Gasteiger partial charge in [0.1, 0.15) is 36.1 Å². The summed E-state index contributed by atoms with van der Waals surface area (Å²) in [7, 11) is 1.66. The van der Waals surface area contributed by atoms with Crippen LogP contribution in [0.2, 0.25) is 0 Å². The van der Waals surface area contributed by atoms with Gasteiger partial charge in [0.2, 0.25) is 12.8 Å². The van der Waals surface area contributed by atoms with Crippen molar-refractivity contribution in [1.82, 2.24) is 61.1 Å². The van der Waals surface area contributed by atoms with Crippen LogP contribution in [0, 0.1) is 24.6 Å². The van der Waals surface area contributed by atoms with Crippen molar-refractivity contribution in [2.45, 2.75) is 110 Å². The van der Waals surface area contributed by atoms with Gasteiger partial charge < -0.3 is 40.2 Å². The second-order valence-electron chi connectivity index (χ2n) is 21.6. The zero-order valence-corrected chi connectivity index (χ0v) is 46.1. The van der Waals surface area contributed by atoms with Crippen molar-refractivity contribution in [2.75, 3.05) is 44.9 Å². The van der Waals surface area contributed by atoms with E-state index in [1.54, 1.807) is 31.9 Å². The van der Waals surface area contributed by atoms with Crippen LogP contribution in [0.1, 0.15) is 100 Å². The Morgan fingerprint density at radius 1 is 0.925 bits per heavy atom. The van der Waals surface area contributed by atoms with Crippen LogP contribution in [0.15, 0.2) is 91.6 Å². The molecule has 6 atom stereocenters. The van der Waals surface area contributed by atoms with Gasteiger partial charge in [-0.3, -0.25) is 24.7 Å². The van der Waals surface area contributed by atoms with Crippen LogP contribution in [-0.4, -0.2) is 121 Å². The number of H-pyrrole nitrogens is 1. The Balaban J connectivity index is 0.000000339. The molecule has 2 aliphatic heterocycles. The molecule has 2 amide bonds. The fourth-order valence-electron chi connectivity index (χ4n) is 11.3. The molecule has 3 fully saturated rings. The number of aliphatic hydroxyl groups is 1. The van der Waals surface area contributed by atoms with Gasteiger partial charge in [-0.15, -0.1) is 5.10 Å². The third kappa shape index (κ3) is 12.1. The molecule has 4 aromatic heterocycles. The lowest BCUT2D eigenvalue weighted by molar-refractivity contribution is -0.110. The molecule has 0 radical (unpaired) electrons. The predicted molar refractivity (Wildman–Crippen MR) is 303 cm³/mol. The summed E-state index contributed by atoms with van der Waals surface area (Å²) in [5, 5.41) is 36.3. The molecule has 8 aromatic rings. The number of rotatable bonds is 24. The van der Waals surface area contributed by atoms with Gasteiger partial charge in [0, 0.05) is 84.2 Å². The minimum absolute atomic E-state index is 0.136. The van der Waals surface area contributed by atoms with Crippen molar-refractivity contribution in [2.24, 2.45) is 11.8 Å². The number of anilines is 1. The molecule has 1 saturated carbocycles. The Morgan fingerprint density at radius 2 is 1.71 bits per heavy atom. The quantitative estimate of drug-likeness (QED) is 0.0282. The zero-order chi connectivity index (χ0) is 55.9. The number of amides is 2. The SMILES string of the molecule is CO[C@@H](C)COc1nc(N2CC3CC2CN3)c2cc(C3CC3)c(-c3c(C)c(F)cc4[nH]ncc34)c(OCc3ccc(-c4cn(C(C(C)C)C(C)CCCNC=O)nn4)cc3)c2n1.O=CNC(CO)c1ccc(-c2cnccn2)cc1. The fourth-order valence-corrected chi connectivity index (χ4v) is 11.3. The summed E-state index contributed by atoms with van der Waals surface area (Å²) < 4.78 is 36.8. The van der Waals surface area contributed by atoms with Gasteiger partial charge in [-0.25, -0.2) is 9.07 Å². The molecular weight excluding hydrogens is 1020 g/mol. The normalized spacial score (nSPS) is 17.2. The van der Waals surface area contributed by atoms with E-state index < -0.39 is 0 Å². The number of carbonyl (C=O) groups excluding carboxylic acids is 2. The third-order valence-corrected chi connectivity index (χ3v) is 15.7. The molecule has 19 nitrogen and oxygen atoms in total. The summed E-state index contributed by atoms with van der Waals surface area (Å²) in [6.45, 7) is 13.2. The molecule has 2 bridgehead atoms. The lowest BCUT2D eigenvalue weighted by atomic mass is 9.88.